The van der Waals surface area contributed by atoms with Crippen LogP contribution < -0.4 is 0 Å². The minimum Gasteiger partial charge on any atom is -0.366 e. The average Bonchev–Trinajstić information content (AvgIpc) is 2.35. The highest BCUT2D eigenvalue weighted by Gasteiger charge is 2.20. The van der Waals surface area contributed by atoms with Crippen molar-refractivity contribution in [3.63, 3.8) is 0 Å². The molecule has 1 heterocycles. The maximum Gasteiger partial charge on any atom is 0.112 e. The number of nitrogens with zero attached hydrogens (tertiary/aromatic N) is 1. The van der Waals surface area contributed by atoms with E-state index in [2.05, 4.69) is 18.7 Å². The molecule has 1 aliphatic heterocycles. The molecular weight excluding hydrogens is 210 g/mol. The minimum absolute atomic E-state index is 0.316. The third-order valence-electron chi connectivity index (χ3n) is 3.81. The second kappa shape index (κ2) is 8.93. The number of ether oxygens (including phenoxy) is 1. The van der Waals surface area contributed by atoms with E-state index in [0.29, 0.717) is 12.1 Å². The highest BCUT2D eigenvalue weighted by Crippen LogP contribution is 2.17. The van der Waals surface area contributed by atoms with Gasteiger partial charge in [-0.25, -0.2) is 0 Å². The van der Waals surface area contributed by atoms with Crippen LogP contribution in [0.5, 0.6) is 0 Å². The van der Waals surface area contributed by atoms with Crippen LogP contribution >= 0.6 is 0 Å². The quantitative estimate of drug-likeness (QED) is 0.739. The van der Waals surface area contributed by atoms with E-state index >= 15 is 0 Å². The maximum atomic E-state index is 5.68. The normalized spacial score (nSPS) is 23.3. The summed E-state index contributed by atoms with van der Waals surface area (Å²) < 4.78 is 5.68. The zero-order valence-corrected chi connectivity index (χ0v) is 12.1. The predicted octanol–water partition coefficient (Wildman–Crippen LogP) is 4.05. The van der Waals surface area contributed by atoms with Gasteiger partial charge in [0.2, 0.25) is 0 Å². The van der Waals surface area contributed by atoms with Gasteiger partial charge in [0, 0.05) is 20.2 Å². The summed E-state index contributed by atoms with van der Waals surface area (Å²) >= 11 is 0. The summed E-state index contributed by atoms with van der Waals surface area (Å²) in [6.07, 6.45) is 11.5. The average molecular weight is 241 g/mol. The third kappa shape index (κ3) is 5.87. The molecule has 2 heteroatoms. The van der Waals surface area contributed by atoms with E-state index in [-0.39, 0.29) is 0 Å². The molecule has 1 fully saturated rings. The molecule has 17 heavy (non-hydrogen) atoms. The zero-order valence-electron chi connectivity index (χ0n) is 12.1. The van der Waals surface area contributed by atoms with Gasteiger partial charge >= 0.3 is 0 Å². The summed E-state index contributed by atoms with van der Waals surface area (Å²) in [6, 6.07) is 0. The first-order valence-corrected chi connectivity index (χ1v) is 7.52. The molecule has 0 bridgehead atoms. The van der Waals surface area contributed by atoms with Crippen molar-refractivity contribution < 1.29 is 4.74 Å². The van der Waals surface area contributed by atoms with Gasteiger partial charge < -0.3 is 4.74 Å². The molecule has 0 aromatic heterocycles. The van der Waals surface area contributed by atoms with Crippen molar-refractivity contribution in [2.45, 2.75) is 71.4 Å². The second-order valence-corrected chi connectivity index (χ2v) is 5.73. The molecule has 0 N–H and O–H groups in total. The predicted molar refractivity (Wildman–Crippen MR) is 74.1 cm³/mol. The lowest BCUT2D eigenvalue weighted by atomic mass is 10.1. The van der Waals surface area contributed by atoms with Gasteiger partial charge in [0.25, 0.3) is 0 Å². The Hall–Kier alpha value is -0.0800. The standard InChI is InChI=1S/C15H31NO/c1-14(2)15(17-3)16-12-10-8-6-4-5-7-9-11-13-16/h14-15H,4-13H2,1-3H3. The minimum atomic E-state index is 0.316. The van der Waals surface area contributed by atoms with Gasteiger partial charge in [0.1, 0.15) is 6.23 Å². The van der Waals surface area contributed by atoms with E-state index < -0.39 is 0 Å². The summed E-state index contributed by atoms with van der Waals surface area (Å²) in [5.41, 5.74) is 0. The topological polar surface area (TPSA) is 12.5 Å². The maximum absolute atomic E-state index is 5.68. The molecule has 0 aliphatic carbocycles. The molecule has 0 amide bonds. The molecular formula is C15H31NO. The summed E-state index contributed by atoms with van der Waals surface area (Å²) in [7, 11) is 1.86. The van der Waals surface area contributed by atoms with Crippen molar-refractivity contribution in [1.29, 1.82) is 0 Å². The van der Waals surface area contributed by atoms with Gasteiger partial charge in [-0.3, -0.25) is 4.90 Å². The lowest BCUT2D eigenvalue weighted by Crippen LogP contribution is -2.41. The summed E-state index contributed by atoms with van der Waals surface area (Å²) in [4.78, 5) is 2.57. The molecule has 2 nitrogen and oxygen atoms in total. The van der Waals surface area contributed by atoms with E-state index in [9.17, 15) is 0 Å². The Morgan fingerprint density at radius 3 is 1.53 bits per heavy atom. The molecule has 1 aliphatic rings. The van der Waals surface area contributed by atoms with Gasteiger partial charge in [-0.15, -0.1) is 0 Å². The van der Waals surface area contributed by atoms with Gasteiger partial charge in [0.15, 0.2) is 0 Å². The van der Waals surface area contributed by atoms with Crippen molar-refractivity contribution in [2.75, 3.05) is 20.2 Å². The van der Waals surface area contributed by atoms with E-state index in [1.165, 1.54) is 64.5 Å². The van der Waals surface area contributed by atoms with Crippen molar-refractivity contribution >= 4 is 0 Å². The summed E-state index contributed by atoms with van der Waals surface area (Å²) in [5.74, 6) is 0.588. The fraction of sp³-hybridized carbons (Fsp3) is 1.00. The van der Waals surface area contributed by atoms with Gasteiger partial charge in [-0.2, -0.15) is 0 Å². The molecule has 0 aromatic carbocycles. The molecule has 1 rings (SSSR count). The second-order valence-electron chi connectivity index (χ2n) is 5.73. The van der Waals surface area contributed by atoms with E-state index in [1.807, 2.05) is 7.11 Å². The van der Waals surface area contributed by atoms with Crippen LogP contribution in [0.3, 0.4) is 0 Å². The largest absolute Gasteiger partial charge is 0.366 e. The molecule has 0 saturated carbocycles. The SMILES string of the molecule is COC(C(C)C)N1CCCCCCCCCC1. The molecule has 0 spiro atoms. The smallest absolute Gasteiger partial charge is 0.112 e. The van der Waals surface area contributed by atoms with Crippen LogP contribution in [-0.4, -0.2) is 31.3 Å². The van der Waals surface area contributed by atoms with Crippen LogP contribution in [0.1, 0.15) is 65.2 Å². The molecule has 0 radical (unpaired) electrons. The first-order chi connectivity index (χ1) is 8.25. The van der Waals surface area contributed by atoms with E-state index in [0.717, 1.165) is 0 Å². The fourth-order valence-corrected chi connectivity index (χ4v) is 2.90. The van der Waals surface area contributed by atoms with Crippen LogP contribution in [0, 0.1) is 5.92 Å². The Bertz CT molecular complexity index is 170. The Morgan fingerprint density at radius 1 is 0.765 bits per heavy atom. The van der Waals surface area contributed by atoms with Crippen molar-refractivity contribution in [3.05, 3.63) is 0 Å². The number of hydrogen-bond donors (Lipinski definition) is 0. The van der Waals surface area contributed by atoms with E-state index in [1.54, 1.807) is 0 Å². The third-order valence-corrected chi connectivity index (χ3v) is 3.81. The fourth-order valence-electron chi connectivity index (χ4n) is 2.90. The van der Waals surface area contributed by atoms with Crippen LogP contribution in [0.4, 0.5) is 0 Å². The van der Waals surface area contributed by atoms with Crippen LogP contribution in [0.25, 0.3) is 0 Å². The number of hydrogen-bond acceptors (Lipinski definition) is 2. The highest BCUT2D eigenvalue weighted by atomic mass is 16.5. The van der Waals surface area contributed by atoms with Gasteiger partial charge in [-0.05, 0) is 18.8 Å². The molecule has 102 valence electrons. The first kappa shape index (κ1) is 15.0. The Balaban J connectivity index is 2.46. The van der Waals surface area contributed by atoms with Crippen LogP contribution in [0.15, 0.2) is 0 Å². The van der Waals surface area contributed by atoms with E-state index in [4.69, 9.17) is 4.74 Å². The lowest BCUT2D eigenvalue weighted by Gasteiger charge is -2.33. The van der Waals surface area contributed by atoms with Crippen molar-refractivity contribution in [2.24, 2.45) is 5.92 Å². The zero-order chi connectivity index (χ0) is 12.5. The lowest BCUT2D eigenvalue weighted by molar-refractivity contribution is -0.0630. The Morgan fingerprint density at radius 2 is 1.18 bits per heavy atom. The van der Waals surface area contributed by atoms with Crippen molar-refractivity contribution in [1.82, 2.24) is 4.90 Å². The highest BCUT2D eigenvalue weighted by molar-refractivity contribution is 4.68. The Kier molecular flexibility index (Phi) is 7.87. The van der Waals surface area contributed by atoms with Crippen LogP contribution in [0.2, 0.25) is 0 Å². The molecule has 1 saturated heterocycles. The monoisotopic (exact) mass is 241 g/mol. The first-order valence-electron chi connectivity index (χ1n) is 7.52. The van der Waals surface area contributed by atoms with Gasteiger partial charge in [0.05, 0.1) is 0 Å². The summed E-state index contributed by atoms with van der Waals surface area (Å²) in [5, 5.41) is 0. The summed E-state index contributed by atoms with van der Waals surface area (Å²) in [6.45, 7) is 6.96. The number of methoxy groups -OCH3 is 1. The Labute approximate surface area is 108 Å². The molecule has 0 aromatic rings. The molecule has 1 unspecified atom stereocenters. The van der Waals surface area contributed by atoms with Gasteiger partial charge in [-0.1, -0.05) is 52.4 Å². The molecule has 1 atom stereocenters. The van der Waals surface area contributed by atoms with Crippen molar-refractivity contribution in [3.8, 4) is 0 Å². The van der Waals surface area contributed by atoms with Crippen LogP contribution in [-0.2, 0) is 4.74 Å². The number of rotatable bonds is 3.